The van der Waals surface area contributed by atoms with Gasteiger partial charge in [0, 0.05) is 11.6 Å². The molecule has 1 aliphatic heterocycles. The summed E-state index contributed by atoms with van der Waals surface area (Å²) in [7, 11) is 0. The molecule has 8 heteroatoms. The zero-order valence-electron chi connectivity index (χ0n) is 21.6. The number of rotatable bonds is 11. The van der Waals surface area contributed by atoms with E-state index >= 15 is 0 Å². The molecule has 4 unspecified atom stereocenters. The number of carboxylic acid groups (broad SMARTS) is 1. The third kappa shape index (κ3) is 6.90. The second-order valence-corrected chi connectivity index (χ2v) is 9.97. The third-order valence-corrected chi connectivity index (χ3v) is 7.51. The number of fused-ring (bicyclic) bond motifs is 1. The SMILES string of the molecule is CCC(C)C(NC(=O)/C=C1/c2ccccc2C(=S)NC1C(C)CC)C(=O)N[C@H](C(=O)O)[C@@H](C)CC. The molecule has 6 atom stereocenters. The molecule has 0 saturated carbocycles. The molecule has 7 nitrogen and oxygen atoms in total. The number of amides is 2. The minimum absolute atomic E-state index is 0.134. The molecule has 1 aromatic carbocycles. The molecule has 2 amide bonds. The van der Waals surface area contributed by atoms with Gasteiger partial charge in [-0.25, -0.2) is 4.79 Å². The van der Waals surface area contributed by atoms with Crippen LogP contribution in [-0.4, -0.2) is 46.0 Å². The van der Waals surface area contributed by atoms with E-state index in [0.717, 1.165) is 23.1 Å². The maximum absolute atomic E-state index is 13.3. The average molecular weight is 502 g/mol. The van der Waals surface area contributed by atoms with Crippen LogP contribution in [0, 0.1) is 17.8 Å². The van der Waals surface area contributed by atoms with E-state index in [1.165, 1.54) is 0 Å². The first-order valence-electron chi connectivity index (χ1n) is 12.5. The lowest BCUT2D eigenvalue weighted by atomic mass is 9.83. The Kier molecular flexibility index (Phi) is 10.4. The van der Waals surface area contributed by atoms with Gasteiger partial charge in [-0.2, -0.15) is 0 Å². The maximum atomic E-state index is 13.3. The van der Waals surface area contributed by atoms with Gasteiger partial charge in [0.2, 0.25) is 11.8 Å². The van der Waals surface area contributed by atoms with Gasteiger partial charge in [-0.15, -0.1) is 0 Å². The van der Waals surface area contributed by atoms with Crippen molar-refractivity contribution < 1.29 is 19.5 Å². The number of benzene rings is 1. The van der Waals surface area contributed by atoms with E-state index in [2.05, 4.69) is 29.8 Å². The number of hydrogen-bond donors (Lipinski definition) is 4. The molecule has 0 aromatic heterocycles. The molecule has 0 aliphatic carbocycles. The van der Waals surface area contributed by atoms with E-state index in [0.29, 0.717) is 17.8 Å². The summed E-state index contributed by atoms with van der Waals surface area (Å²) in [6.07, 6.45) is 3.70. The second-order valence-electron chi connectivity index (χ2n) is 9.56. The van der Waals surface area contributed by atoms with Gasteiger partial charge in [0.25, 0.3) is 0 Å². The zero-order valence-corrected chi connectivity index (χ0v) is 22.4. The summed E-state index contributed by atoms with van der Waals surface area (Å²) < 4.78 is 0. The number of hydrogen-bond acceptors (Lipinski definition) is 4. The van der Waals surface area contributed by atoms with Crippen molar-refractivity contribution in [2.24, 2.45) is 17.8 Å². The number of aliphatic carboxylic acids is 1. The predicted octanol–water partition coefficient (Wildman–Crippen LogP) is 3.91. The number of nitrogens with one attached hydrogen (secondary N) is 3. The van der Waals surface area contributed by atoms with Crippen LogP contribution in [0.2, 0.25) is 0 Å². The van der Waals surface area contributed by atoms with Crippen molar-refractivity contribution in [1.29, 1.82) is 0 Å². The quantitative estimate of drug-likeness (QED) is 0.271. The monoisotopic (exact) mass is 501 g/mol. The molecule has 0 bridgehead atoms. The lowest BCUT2D eigenvalue weighted by Crippen LogP contribution is -2.55. The van der Waals surface area contributed by atoms with E-state index < -0.39 is 29.9 Å². The van der Waals surface area contributed by atoms with Gasteiger partial charge in [-0.1, -0.05) is 97.3 Å². The topological polar surface area (TPSA) is 108 Å². The number of carbonyl (C=O) groups is 3. The number of carbonyl (C=O) groups excluding carboxylic acids is 2. The molecule has 192 valence electrons. The Morgan fingerprint density at radius 2 is 1.54 bits per heavy atom. The lowest BCUT2D eigenvalue weighted by Gasteiger charge is -2.34. The van der Waals surface area contributed by atoms with E-state index in [9.17, 15) is 19.5 Å². The molecular formula is C27H39N3O4S. The van der Waals surface area contributed by atoms with Crippen molar-refractivity contribution in [3.63, 3.8) is 0 Å². The fourth-order valence-electron chi connectivity index (χ4n) is 4.21. The molecule has 1 heterocycles. The van der Waals surface area contributed by atoms with E-state index in [4.69, 9.17) is 12.2 Å². The molecule has 35 heavy (non-hydrogen) atoms. The van der Waals surface area contributed by atoms with E-state index in [1.54, 1.807) is 13.0 Å². The minimum atomic E-state index is -1.08. The fraction of sp³-hybridized carbons (Fsp3) is 0.556. The molecule has 0 fully saturated rings. The van der Waals surface area contributed by atoms with Crippen molar-refractivity contribution >= 4 is 40.6 Å². The molecular weight excluding hydrogens is 462 g/mol. The van der Waals surface area contributed by atoms with Crippen LogP contribution in [0.25, 0.3) is 5.57 Å². The highest BCUT2D eigenvalue weighted by atomic mass is 32.1. The third-order valence-electron chi connectivity index (χ3n) is 7.17. The number of carboxylic acids is 1. The summed E-state index contributed by atoms with van der Waals surface area (Å²) >= 11 is 5.58. The first kappa shape index (κ1) is 28.5. The average Bonchev–Trinajstić information content (AvgIpc) is 2.85. The standard InChI is InChI=1S/C27H39N3O4S/c1-7-15(4)22-20(18-12-10-11-13-19(18)26(35)30-22)14-21(31)28-23(16(5)8-2)25(32)29-24(27(33)34)17(6)9-3/h10-17,22-24H,7-9H2,1-6H3,(H,28,31)(H,29,32)(H,30,35)(H,33,34)/b20-14-/t15?,16?,17-,22?,23?,24-/m0/s1. The fourth-order valence-corrected chi connectivity index (χ4v) is 4.52. The molecule has 4 N–H and O–H groups in total. The Hall–Kier alpha value is -2.74. The Balaban J connectivity index is 2.37. The summed E-state index contributed by atoms with van der Waals surface area (Å²) in [4.78, 5) is 38.8. The highest BCUT2D eigenvalue weighted by Gasteiger charge is 2.33. The Morgan fingerprint density at radius 3 is 2.09 bits per heavy atom. The molecule has 0 spiro atoms. The zero-order chi connectivity index (χ0) is 26.3. The van der Waals surface area contributed by atoms with Crippen LogP contribution in [0.3, 0.4) is 0 Å². The van der Waals surface area contributed by atoms with Crippen LogP contribution >= 0.6 is 12.2 Å². The Labute approximate surface area is 214 Å². The molecule has 1 aliphatic rings. The van der Waals surface area contributed by atoms with Crippen LogP contribution in [0.1, 0.15) is 71.9 Å². The number of thiocarbonyl (C=S) groups is 1. The van der Waals surface area contributed by atoms with Gasteiger partial charge >= 0.3 is 5.97 Å². The van der Waals surface area contributed by atoms with E-state index in [-0.39, 0.29) is 23.8 Å². The van der Waals surface area contributed by atoms with Crippen molar-refractivity contribution in [2.45, 2.75) is 78.9 Å². The van der Waals surface area contributed by atoms with Crippen molar-refractivity contribution in [3.05, 3.63) is 41.5 Å². The first-order valence-corrected chi connectivity index (χ1v) is 12.9. The minimum Gasteiger partial charge on any atom is -0.480 e. The van der Waals surface area contributed by atoms with Crippen LogP contribution < -0.4 is 16.0 Å². The van der Waals surface area contributed by atoms with Gasteiger partial charge in [0.05, 0.1) is 6.04 Å². The van der Waals surface area contributed by atoms with Gasteiger partial charge in [-0.05, 0) is 28.9 Å². The van der Waals surface area contributed by atoms with Gasteiger partial charge in [0.15, 0.2) is 0 Å². The van der Waals surface area contributed by atoms with Crippen LogP contribution in [0.15, 0.2) is 30.3 Å². The van der Waals surface area contributed by atoms with Crippen molar-refractivity contribution in [2.75, 3.05) is 0 Å². The van der Waals surface area contributed by atoms with Crippen molar-refractivity contribution in [1.82, 2.24) is 16.0 Å². The molecule has 0 saturated heterocycles. The summed E-state index contributed by atoms with van der Waals surface area (Å²) in [5.74, 6) is -2.16. The van der Waals surface area contributed by atoms with Crippen molar-refractivity contribution in [3.8, 4) is 0 Å². The summed E-state index contributed by atoms with van der Waals surface area (Å²) in [6, 6.07) is 5.71. The first-order chi connectivity index (χ1) is 16.5. The van der Waals surface area contributed by atoms with Gasteiger partial charge in [-0.3, -0.25) is 9.59 Å². The highest BCUT2D eigenvalue weighted by Crippen LogP contribution is 2.32. The molecule has 0 radical (unpaired) electrons. The predicted molar refractivity (Wildman–Crippen MR) is 143 cm³/mol. The molecule has 1 aromatic rings. The summed E-state index contributed by atoms with van der Waals surface area (Å²) in [6.45, 7) is 11.7. The summed E-state index contributed by atoms with van der Waals surface area (Å²) in [5.41, 5.74) is 2.60. The van der Waals surface area contributed by atoms with Crippen LogP contribution in [-0.2, 0) is 14.4 Å². The van der Waals surface area contributed by atoms with Crippen LogP contribution in [0.4, 0.5) is 0 Å². The normalized spacial score (nSPS) is 20.6. The Morgan fingerprint density at radius 1 is 0.971 bits per heavy atom. The lowest BCUT2D eigenvalue weighted by molar-refractivity contribution is -0.144. The van der Waals surface area contributed by atoms with E-state index in [1.807, 2.05) is 45.0 Å². The van der Waals surface area contributed by atoms with Crippen LogP contribution in [0.5, 0.6) is 0 Å². The maximum Gasteiger partial charge on any atom is 0.326 e. The second kappa shape index (κ2) is 12.8. The smallest absolute Gasteiger partial charge is 0.326 e. The largest absolute Gasteiger partial charge is 0.480 e. The Bertz CT molecular complexity index is 977. The molecule has 2 rings (SSSR count). The summed E-state index contributed by atoms with van der Waals surface area (Å²) in [5, 5.41) is 18.5. The van der Waals surface area contributed by atoms with Gasteiger partial charge in [0.1, 0.15) is 17.1 Å². The van der Waals surface area contributed by atoms with Gasteiger partial charge < -0.3 is 21.1 Å². The highest BCUT2D eigenvalue weighted by molar-refractivity contribution is 7.80.